The summed E-state index contributed by atoms with van der Waals surface area (Å²) in [5.41, 5.74) is 5.67. The number of rotatable bonds is 3. The van der Waals surface area contributed by atoms with Gasteiger partial charge in [-0.1, -0.05) is 19.9 Å². The first-order chi connectivity index (χ1) is 6.89. The highest BCUT2D eigenvalue weighted by atomic mass is 19.3. The summed E-state index contributed by atoms with van der Waals surface area (Å²) in [6.07, 6.45) is 3.31. The smallest absolute Gasteiger partial charge is 0.270 e. The molecule has 2 atom stereocenters. The quantitative estimate of drug-likeness (QED) is 0.720. The Hall–Kier alpha value is -0.440. The molecule has 3 rings (SSSR count). The van der Waals surface area contributed by atoms with E-state index in [4.69, 9.17) is 5.73 Å². The molecule has 1 fully saturated rings. The maximum absolute atomic E-state index is 13.8. The Bertz CT molecular complexity index is 294. The van der Waals surface area contributed by atoms with Crippen molar-refractivity contribution >= 4 is 0 Å². The van der Waals surface area contributed by atoms with Crippen molar-refractivity contribution in [1.29, 1.82) is 0 Å². The van der Waals surface area contributed by atoms with Crippen LogP contribution in [0, 0.1) is 17.3 Å². The fourth-order valence-corrected chi connectivity index (χ4v) is 3.09. The molecule has 86 valence electrons. The van der Waals surface area contributed by atoms with Crippen LogP contribution in [-0.2, 0) is 0 Å². The molecule has 0 aromatic heterocycles. The van der Waals surface area contributed by atoms with E-state index in [9.17, 15) is 8.78 Å². The van der Waals surface area contributed by atoms with E-state index in [1.54, 1.807) is 6.08 Å². The molecule has 0 aromatic carbocycles. The van der Waals surface area contributed by atoms with Gasteiger partial charge in [0.15, 0.2) is 0 Å². The molecule has 2 unspecified atom stereocenters. The van der Waals surface area contributed by atoms with Crippen molar-refractivity contribution in [2.45, 2.75) is 39.0 Å². The van der Waals surface area contributed by atoms with Gasteiger partial charge < -0.3 is 5.73 Å². The molecular formula is C12H19F2N. The first-order valence-electron chi connectivity index (χ1n) is 5.68. The van der Waals surface area contributed by atoms with Crippen molar-refractivity contribution in [2.75, 3.05) is 6.54 Å². The molecule has 2 bridgehead atoms. The van der Waals surface area contributed by atoms with Crippen LogP contribution in [0.15, 0.2) is 11.6 Å². The third-order valence-electron chi connectivity index (χ3n) is 4.35. The lowest BCUT2D eigenvalue weighted by Crippen LogP contribution is -2.51. The Kier molecular flexibility index (Phi) is 2.41. The average molecular weight is 215 g/mol. The fraction of sp³-hybridized carbons (Fsp3) is 0.833. The van der Waals surface area contributed by atoms with Crippen molar-refractivity contribution in [2.24, 2.45) is 23.0 Å². The zero-order chi connectivity index (χ0) is 11.3. The Balaban J connectivity index is 2.21. The predicted octanol–water partition coefficient (Wildman–Crippen LogP) is 2.96. The summed E-state index contributed by atoms with van der Waals surface area (Å²) in [7, 11) is 0. The Morgan fingerprint density at radius 1 is 1.53 bits per heavy atom. The van der Waals surface area contributed by atoms with Gasteiger partial charge in [0.2, 0.25) is 0 Å². The van der Waals surface area contributed by atoms with Crippen molar-refractivity contribution in [3.05, 3.63) is 11.6 Å². The Morgan fingerprint density at radius 3 is 2.67 bits per heavy atom. The number of hydrogen-bond donors (Lipinski definition) is 1. The zero-order valence-electron chi connectivity index (χ0n) is 9.39. The molecule has 2 N–H and O–H groups in total. The lowest BCUT2D eigenvalue weighted by atomic mass is 9.48. The number of nitrogens with two attached hydrogens (primary N) is 1. The molecule has 3 aliphatic rings. The molecule has 0 amide bonds. The fourth-order valence-electron chi connectivity index (χ4n) is 3.09. The predicted molar refractivity (Wildman–Crippen MR) is 56.7 cm³/mol. The van der Waals surface area contributed by atoms with Crippen LogP contribution >= 0.6 is 0 Å². The largest absolute Gasteiger partial charge is 0.330 e. The number of hydrogen-bond acceptors (Lipinski definition) is 1. The van der Waals surface area contributed by atoms with E-state index in [1.165, 1.54) is 0 Å². The number of halogens is 2. The van der Waals surface area contributed by atoms with Crippen LogP contribution < -0.4 is 5.73 Å². The van der Waals surface area contributed by atoms with Crippen LogP contribution in [0.5, 0.6) is 0 Å². The van der Waals surface area contributed by atoms with Gasteiger partial charge in [0.25, 0.3) is 5.92 Å². The topological polar surface area (TPSA) is 26.0 Å². The van der Waals surface area contributed by atoms with Crippen LogP contribution in [0.2, 0.25) is 0 Å². The second-order valence-electron chi connectivity index (χ2n) is 5.44. The molecule has 3 heteroatoms. The summed E-state index contributed by atoms with van der Waals surface area (Å²) >= 11 is 0. The second kappa shape index (κ2) is 3.27. The molecule has 0 heterocycles. The molecular weight excluding hydrogens is 196 g/mol. The third kappa shape index (κ3) is 1.52. The lowest BCUT2D eigenvalue weighted by molar-refractivity contribution is -0.0603. The van der Waals surface area contributed by atoms with Crippen LogP contribution in [0.4, 0.5) is 8.78 Å². The minimum atomic E-state index is -2.68. The van der Waals surface area contributed by atoms with Crippen molar-refractivity contribution in [3.8, 4) is 0 Å². The molecule has 0 aromatic rings. The van der Waals surface area contributed by atoms with Crippen molar-refractivity contribution in [3.63, 3.8) is 0 Å². The number of fused-ring (bicyclic) bond motifs is 1. The summed E-state index contributed by atoms with van der Waals surface area (Å²) in [5, 5.41) is 0. The van der Waals surface area contributed by atoms with Gasteiger partial charge >= 0.3 is 0 Å². The highest BCUT2D eigenvalue weighted by Crippen LogP contribution is 2.61. The Morgan fingerprint density at radius 2 is 2.20 bits per heavy atom. The molecule has 0 spiro atoms. The minimum absolute atomic E-state index is 0.0565. The van der Waals surface area contributed by atoms with Gasteiger partial charge in [-0.25, -0.2) is 8.78 Å². The molecule has 1 nitrogen and oxygen atoms in total. The van der Waals surface area contributed by atoms with Crippen LogP contribution in [0.1, 0.15) is 33.1 Å². The normalized spacial score (nSPS) is 33.3. The van der Waals surface area contributed by atoms with E-state index in [1.807, 2.05) is 0 Å². The Labute approximate surface area is 89.7 Å². The van der Waals surface area contributed by atoms with E-state index < -0.39 is 5.92 Å². The molecule has 0 aliphatic heterocycles. The molecule has 0 saturated heterocycles. The van der Waals surface area contributed by atoms with Gasteiger partial charge in [-0.3, -0.25) is 0 Å². The molecule has 3 aliphatic carbocycles. The molecule has 15 heavy (non-hydrogen) atoms. The standard InChI is InChI=1S/C12H19F2N/c1-11(2)8-3-4-9(10(11)7-8)12(13,14)5-6-15/h4,8,10H,3,5-7,15H2,1-2H3. The minimum Gasteiger partial charge on any atom is -0.330 e. The second-order valence-corrected chi connectivity index (χ2v) is 5.44. The van der Waals surface area contributed by atoms with E-state index in [-0.39, 0.29) is 24.3 Å². The van der Waals surface area contributed by atoms with Crippen molar-refractivity contribution in [1.82, 2.24) is 0 Å². The van der Waals surface area contributed by atoms with Crippen molar-refractivity contribution < 1.29 is 8.78 Å². The van der Waals surface area contributed by atoms with E-state index in [2.05, 4.69) is 13.8 Å². The maximum Gasteiger partial charge on any atom is 0.270 e. The summed E-state index contributed by atoms with van der Waals surface area (Å²) in [6, 6.07) is 0. The molecule has 1 saturated carbocycles. The number of allylic oxidation sites excluding steroid dienone is 2. The van der Waals surface area contributed by atoms with Crippen LogP contribution in [0.25, 0.3) is 0 Å². The SMILES string of the molecule is CC1(C)C2CC=C(C(F)(F)CCN)C1C2. The van der Waals surface area contributed by atoms with Crippen LogP contribution in [0.3, 0.4) is 0 Å². The molecule has 0 radical (unpaired) electrons. The van der Waals surface area contributed by atoms with Gasteiger partial charge in [-0.15, -0.1) is 0 Å². The summed E-state index contributed by atoms with van der Waals surface area (Å²) in [5.74, 6) is -1.99. The first-order valence-corrected chi connectivity index (χ1v) is 5.68. The van der Waals surface area contributed by atoms with Gasteiger partial charge in [0, 0.05) is 6.42 Å². The highest BCUT2D eigenvalue weighted by Gasteiger charge is 2.56. The van der Waals surface area contributed by atoms with Gasteiger partial charge in [0.05, 0.1) is 0 Å². The summed E-state index contributed by atoms with van der Waals surface area (Å²) < 4.78 is 27.6. The summed E-state index contributed by atoms with van der Waals surface area (Å²) in [6.45, 7) is 4.27. The van der Waals surface area contributed by atoms with Gasteiger partial charge in [-0.05, 0) is 42.2 Å². The van der Waals surface area contributed by atoms with Gasteiger partial charge in [-0.2, -0.15) is 0 Å². The zero-order valence-corrected chi connectivity index (χ0v) is 9.39. The highest BCUT2D eigenvalue weighted by molar-refractivity contribution is 5.28. The lowest BCUT2D eigenvalue weighted by Gasteiger charge is -2.57. The first kappa shape index (κ1) is 11.1. The van der Waals surface area contributed by atoms with Crippen LogP contribution in [-0.4, -0.2) is 12.5 Å². The average Bonchev–Trinajstić information content (AvgIpc) is 2.17. The maximum atomic E-state index is 13.8. The third-order valence-corrected chi connectivity index (χ3v) is 4.35. The monoisotopic (exact) mass is 215 g/mol. The number of alkyl halides is 2. The van der Waals surface area contributed by atoms with E-state index >= 15 is 0 Å². The van der Waals surface area contributed by atoms with E-state index in [0.717, 1.165) is 12.8 Å². The van der Waals surface area contributed by atoms with E-state index in [0.29, 0.717) is 11.5 Å². The van der Waals surface area contributed by atoms with Gasteiger partial charge in [0.1, 0.15) is 0 Å². The summed E-state index contributed by atoms with van der Waals surface area (Å²) in [4.78, 5) is 0.